The van der Waals surface area contributed by atoms with E-state index in [-0.39, 0.29) is 13.0 Å². The number of carbonyl (C=O) groups excluding carboxylic acids is 1. The molecule has 0 radical (unpaired) electrons. The van der Waals surface area contributed by atoms with Crippen LogP contribution in [-0.2, 0) is 22.4 Å². The first kappa shape index (κ1) is 24.3. The molecule has 4 N–H and O–H groups in total. The Hall–Kier alpha value is -3.39. The first-order chi connectivity index (χ1) is 15.9. The molecule has 8 nitrogen and oxygen atoms in total. The molecule has 176 valence electrons. The number of nitrogens with zero attached hydrogens (tertiary/aromatic N) is 2. The minimum Gasteiger partial charge on any atom is -0.481 e. The number of hydrogen-bond acceptors (Lipinski definition) is 4. The molecule has 0 saturated heterocycles. The number of nitrogens with two attached hydrogens (primary N) is 1. The van der Waals surface area contributed by atoms with E-state index in [1.54, 1.807) is 12.1 Å². The lowest BCUT2D eigenvalue weighted by molar-refractivity contribution is -0.142. The number of rotatable bonds is 11. The molecule has 1 aliphatic heterocycles. The van der Waals surface area contributed by atoms with Gasteiger partial charge in [-0.2, -0.15) is 0 Å². The molecule has 1 heterocycles. The number of aliphatic carboxylic acids is 2. The quantitative estimate of drug-likeness (QED) is 0.449. The fourth-order valence-electron chi connectivity index (χ4n) is 4.23. The topological polar surface area (TPSA) is 124 Å². The summed E-state index contributed by atoms with van der Waals surface area (Å²) >= 11 is 0. The Morgan fingerprint density at radius 1 is 1.03 bits per heavy atom. The fraction of sp³-hybridized carbons (Fsp3) is 0.400. The summed E-state index contributed by atoms with van der Waals surface area (Å²) in [6.45, 7) is 0.787. The second kappa shape index (κ2) is 11.5. The van der Waals surface area contributed by atoms with Crippen molar-refractivity contribution in [3.8, 4) is 0 Å². The lowest BCUT2D eigenvalue weighted by Gasteiger charge is -2.32. The van der Waals surface area contributed by atoms with Gasteiger partial charge in [0.25, 0.3) is 0 Å². The predicted molar refractivity (Wildman–Crippen MR) is 125 cm³/mol. The van der Waals surface area contributed by atoms with Crippen LogP contribution < -0.4 is 10.6 Å². The van der Waals surface area contributed by atoms with Crippen LogP contribution in [0.25, 0.3) is 0 Å². The molecule has 2 aromatic carbocycles. The summed E-state index contributed by atoms with van der Waals surface area (Å²) in [5.74, 6) is -2.83. The van der Waals surface area contributed by atoms with Crippen LogP contribution in [0.5, 0.6) is 0 Å². The minimum atomic E-state index is -1.08. The summed E-state index contributed by atoms with van der Waals surface area (Å²) in [5.41, 5.74) is 8.00. The van der Waals surface area contributed by atoms with Crippen molar-refractivity contribution in [1.82, 2.24) is 4.90 Å². The Morgan fingerprint density at radius 2 is 1.73 bits per heavy atom. The van der Waals surface area contributed by atoms with Crippen molar-refractivity contribution in [1.29, 1.82) is 0 Å². The van der Waals surface area contributed by atoms with Gasteiger partial charge in [0.15, 0.2) is 0 Å². The minimum absolute atomic E-state index is 0.0105. The lowest BCUT2D eigenvalue weighted by Crippen LogP contribution is -2.51. The third kappa shape index (κ3) is 6.10. The van der Waals surface area contributed by atoms with Gasteiger partial charge in [0, 0.05) is 25.2 Å². The van der Waals surface area contributed by atoms with Crippen LogP contribution in [0.4, 0.5) is 10.5 Å². The molecule has 0 aromatic heterocycles. The summed E-state index contributed by atoms with van der Waals surface area (Å²) in [5, 5.41) is 19.6. The number of hydrogen-bond donors (Lipinski definition) is 3. The Labute approximate surface area is 193 Å². The maximum absolute atomic E-state index is 13.6. The van der Waals surface area contributed by atoms with Crippen LogP contribution >= 0.6 is 0 Å². The van der Waals surface area contributed by atoms with Crippen LogP contribution in [0.2, 0.25) is 0 Å². The number of anilines is 1. The zero-order valence-corrected chi connectivity index (χ0v) is 18.6. The van der Waals surface area contributed by atoms with Crippen LogP contribution in [-0.4, -0.2) is 58.8 Å². The molecule has 1 unspecified atom stereocenters. The molecule has 0 aliphatic carbocycles. The molecule has 0 bridgehead atoms. The molecule has 2 aromatic rings. The highest BCUT2D eigenvalue weighted by Gasteiger charge is 2.40. The normalized spacial score (nSPS) is 15.7. The Bertz CT molecular complexity index is 966. The molecule has 2 atom stereocenters. The molecule has 1 aliphatic rings. The highest BCUT2D eigenvalue weighted by Crippen LogP contribution is 2.33. The summed E-state index contributed by atoms with van der Waals surface area (Å²) in [7, 11) is 0. The first-order valence-corrected chi connectivity index (χ1v) is 11.3. The van der Waals surface area contributed by atoms with E-state index in [1.165, 1.54) is 9.80 Å². The van der Waals surface area contributed by atoms with E-state index < -0.39 is 29.9 Å². The smallest absolute Gasteiger partial charge is 0.327 e. The van der Waals surface area contributed by atoms with Gasteiger partial charge in [-0.3, -0.25) is 9.69 Å². The van der Waals surface area contributed by atoms with Crippen LogP contribution in [0, 0.1) is 5.92 Å². The number of unbranched alkanes of at least 4 members (excludes halogenated alkanes) is 1. The van der Waals surface area contributed by atoms with Crippen molar-refractivity contribution in [3.05, 3.63) is 65.7 Å². The molecular weight excluding hydrogens is 422 g/mol. The van der Waals surface area contributed by atoms with Gasteiger partial charge in [-0.1, -0.05) is 48.5 Å². The molecule has 0 spiro atoms. The summed E-state index contributed by atoms with van der Waals surface area (Å²) in [6.07, 6.45) is 2.47. The van der Waals surface area contributed by atoms with Gasteiger partial charge >= 0.3 is 18.0 Å². The third-order valence-electron chi connectivity index (χ3n) is 6.03. The number of para-hydroxylation sites is 1. The summed E-state index contributed by atoms with van der Waals surface area (Å²) in [6, 6.07) is 15.3. The van der Waals surface area contributed by atoms with Crippen molar-refractivity contribution < 1.29 is 24.6 Å². The van der Waals surface area contributed by atoms with Crippen molar-refractivity contribution >= 4 is 23.7 Å². The SMILES string of the molecule is NCCCCN(CC(CCc1ccccc1)C(=O)O)C(=O)N1c2ccccc2C[C@H]1C(=O)O. The lowest BCUT2D eigenvalue weighted by atomic mass is 9.99. The number of carbonyl (C=O) groups is 3. The van der Waals surface area contributed by atoms with Gasteiger partial charge in [0.2, 0.25) is 0 Å². The summed E-state index contributed by atoms with van der Waals surface area (Å²) < 4.78 is 0. The monoisotopic (exact) mass is 453 g/mol. The number of fused-ring (bicyclic) bond motifs is 1. The Balaban J connectivity index is 1.81. The molecule has 0 saturated carbocycles. The molecule has 2 amide bonds. The van der Waals surface area contributed by atoms with E-state index in [1.807, 2.05) is 42.5 Å². The molecular formula is C25H31N3O5. The van der Waals surface area contributed by atoms with E-state index >= 15 is 0 Å². The van der Waals surface area contributed by atoms with Crippen molar-refractivity contribution in [2.45, 2.75) is 38.1 Å². The number of carboxylic acids is 2. The predicted octanol–water partition coefficient (Wildman–Crippen LogP) is 3.00. The van der Waals surface area contributed by atoms with Gasteiger partial charge < -0.3 is 20.8 Å². The number of carboxylic acid groups (broad SMARTS) is 2. The number of urea groups is 1. The number of amides is 2. The van der Waals surface area contributed by atoms with Gasteiger partial charge in [0.05, 0.1) is 5.92 Å². The van der Waals surface area contributed by atoms with E-state index in [0.717, 1.165) is 11.1 Å². The first-order valence-electron chi connectivity index (χ1n) is 11.3. The largest absolute Gasteiger partial charge is 0.481 e. The van der Waals surface area contributed by atoms with Gasteiger partial charge in [0.1, 0.15) is 6.04 Å². The second-order valence-electron chi connectivity index (χ2n) is 8.34. The second-order valence-corrected chi connectivity index (χ2v) is 8.34. The van der Waals surface area contributed by atoms with Crippen molar-refractivity contribution in [2.24, 2.45) is 11.7 Å². The highest BCUT2D eigenvalue weighted by molar-refractivity contribution is 6.01. The third-order valence-corrected chi connectivity index (χ3v) is 6.03. The highest BCUT2D eigenvalue weighted by atomic mass is 16.4. The maximum Gasteiger partial charge on any atom is 0.327 e. The number of benzene rings is 2. The standard InChI is InChI=1S/C25H31N3O5/c26-14-6-7-15-27(17-20(23(29)30)13-12-18-8-2-1-3-9-18)25(33)28-21-11-5-4-10-19(21)16-22(28)24(31)32/h1-5,8-11,20,22H,6-7,12-17,26H2,(H,29,30)(H,31,32)/t20?,22-/m0/s1. The molecule has 33 heavy (non-hydrogen) atoms. The average Bonchev–Trinajstić information content (AvgIpc) is 3.21. The van der Waals surface area contributed by atoms with E-state index in [9.17, 15) is 24.6 Å². The molecule has 8 heteroatoms. The van der Waals surface area contributed by atoms with Gasteiger partial charge in [-0.15, -0.1) is 0 Å². The molecule has 3 rings (SSSR count). The zero-order chi connectivity index (χ0) is 23.8. The summed E-state index contributed by atoms with van der Waals surface area (Å²) in [4.78, 5) is 40.4. The van der Waals surface area contributed by atoms with Crippen LogP contribution in [0.1, 0.15) is 30.4 Å². The number of aryl methyl sites for hydroxylation is 1. The van der Waals surface area contributed by atoms with E-state index in [2.05, 4.69) is 0 Å². The average molecular weight is 454 g/mol. The zero-order valence-electron chi connectivity index (χ0n) is 18.6. The van der Waals surface area contributed by atoms with Crippen molar-refractivity contribution in [3.63, 3.8) is 0 Å². The molecule has 0 fully saturated rings. The van der Waals surface area contributed by atoms with Crippen LogP contribution in [0.3, 0.4) is 0 Å². The Kier molecular flexibility index (Phi) is 8.43. The Morgan fingerprint density at radius 3 is 2.39 bits per heavy atom. The van der Waals surface area contributed by atoms with E-state index in [0.29, 0.717) is 44.5 Å². The fourth-order valence-corrected chi connectivity index (χ4v) is 4.23. The van der Waals surface area contributed by atoms with Gasteiger partial charge in [-0.05, 0) is 49.4 Å². The van der Waals surface area contributed by atoms with Gasteiger partial charge in [-0.25, -0.2) is 9.59 Å². The maximum atomic E-state index is 13.6. The van der Waals surface area contributed by atoms with Crippen LogP contribution in [0.15, 0.2) is 54.6 Å². The van der Waals surface area contributed by atoms with E-state index in [4.69, 9.17) is 5.73 Å². The van der Waals surface area contributed by atoms with Crippen molar-refractivity contribution in [2.75, 3.05) is 24.5 Å².